The first-order valence-corrected chi connectivity index (χ1v) is 4.67. The molecule has 0 radical (unpaired) electrons. The highest BCUT2D eigenvalue weighted by molar-refractivity contribution is 4.82. The normalized spacial score (nSPS) is 35.0. The monoisotopic (exact) mass is 174 g/mol. The molecule has 0 spiro atoms. The van der Waals surface area contributed by atoms with Crippen molar-refractivity contribution < 1.29 is 4.39 Å². The van der Waals surface area contributed by atoms with E-state index in [4.69, 9.17) is 5.73 Å². The van der Waals surface area contributed by atoms with E-state index in [-0.39, 0.29) is 6.04 Å². The minimum absolute atomic E-state index is 0.168. The summed E-state index contributed by atoms with van der Waals surface area (Å²) in [7, 11) is 2.06. The number of hydrogen-bond donors (Lipinski definition) is 1. The maximum Gasteiger partial charge on any atom is 0.0976 e. The molecule has 0 aromatic rings. The molecule has 0 aromatic heterocycles. The van der Waals surface area contributed by atoms with Crippen LogP contribution in [0.15, 0.2) is 0 Å². The van der Waals surface area contributed by atoms with Crippen LogP contribution in [0.25, 0.3) is 0 Å². The minimum atomic E-state index is -0.704. The third-order valence-corrected chi connectivity index (χ3v) is 2.64. The zero-order valence-electron chi connectivity index (χ0n) is 7.96. The van der Waals surface area contributed by atoms with Crippen molar-refractivity contribution in [2.75, 3.05) is 20.1 Å². The third-order valence-electron chi connectivity index (χ3n) is 2.64. The van der Waals surface area contributed by atoms with Crippen LogP contribution in [0.5, 0.6) is 0 Å². The van der Waals surface area contributed by atoms with Gasteiger partial charge in [-0.25, -0.2) is 4.39 Å². The van der Waals surface area contributed by atoms with Crippen molar-refractivity contribution in [1.82, 2.24) is 4.90 Å². The molecule has 3 unspecified atom stereocenters. The van der Waals surface area contributed by atoms with Crippen LogP contribution in [-0.4, -0.2) is 37.3 Å². The van der Waals surface area contributed by atoms with Crippen LogP contribution in [0.1, 0.15) is 19.8 Å². The van der Waals surface area contributed by atoms with Crippen molar-refractivity contribution in [2.45, 2.75) is 32.0 Å². The predicted octanol–water partition coefficient (Wildman–Crippen LogP) is 1.01. The molecular formula is C9H19FN2. The number of halogens is 1. The van der Waals surface area contributed by atoms with E-state index in [1.165, 1.54) is 0 Å². The van der Waals surface area contributed by atoms with Crippen molar-refractivity contribution in [2.24, 2.45) is 11.7 Å². The van der Waals surface area contributed by atoms with Gasteiger partial charge in [0.15, 0.2) is 0 Å². The summed E-state index contributed by atoms with van der Waals surface area (Å²) in [5.41, 5.74) is 5.91. The Bertz CT molecular complexity index is 138. The van der Waals surface area contributed by atoms with E-state index in [2.05, 4.69) is 11.9 Å². The average Bonchev–Trinajstić information content (AvgIpc) is 1.94. The van der Waals surface area contributed by atoms with E-state index >= 15 is 0 Å². The van der Waals surface area contributed by atoms with E-state index in [0.29, 0.717) is 12.3 Å². The Kier molecular flexibility index (Phi) is 3.47. The summed E-state index contributed by atoms with van der Waals surface area (Å²) < 4.78 is 12.7. The van der Waals surface area contributed by atoms with Gasteiger partial charge in [-0.3, -0.25) is 0 Å². The molecule has 1 aliphatic heterocycles. The summed E-state index contributed by atoms with van der Waals surface area (Å²) in [6.45, 7) is 3.59. The standard InChI is InChI=1S/C9H19FN2/c1-7(10)5-8-3-4-12(2)6-9(8)11/h7-9H,3-6,11H2,1-2H3. The Labute approximate surface area is 73.9 Å². The number of piperidine rings is 1. The molecule has 1 fully saturated rings. The van der Waals surface area contributed by atoms with E-state index in [0.717, 1.165) is 19.5 Å². The van der Waals surface area contributed by atoms with Crippen LogP contribution < -0.4 is 5.73 Å². The number of alkyl halides is 1. The maximum atomic E-state index is 12.7. The molecule has 1 aliphatic rings. The van der Waals surface area contributed by atoms with Gasteiger partial charge in [0.1, 0.15) is 0 Å². The smallest absolute Gasteiger partial charge is 0.0976 e. The van der Waals surface area contributed by atoms with Gasteiger partial charge in [-0.05, 0) is 39.3 Å². The molecule has 72 valence electrons. The van der Waals surface area contributed by atoms with Crippen LogP contribution in [-0.2, 0) is 0 Å². The zero-order valence-corrected chi connectivity index (χ0v) is 7.96. The molecule has 3 heteroatoms. The number of likely N-dealkylation sites (N-methyl/N-ethyl adjacent to an activating group) is 1. The summed E-state index contributed by atoms with van der Waals surface area (Å²) in [4.78, 5) is 2.21. The second-order valence-electron chi connectivity index (χ2n) is 3.99. The molecular weight excluding hydrogens is 155 g/mol. The fourth-order valence-corrected chi connectivity index (χ4v) is 1.91. The van der Waals surface area contributed by atoms with Crippen LogP contribution in [0, 0.1) is 5.92 Å². The van der Waals surface area contributed by atoms with Crippen LogP contribution in [0.4, 0.5) is 4.39 Å². The van der Waals surface area contributed by atoms with Crippen LogP contribution in [0.3, 0.4) is 0 Å². The quantitative estimate of drug-likeness (QED) is 0.677. The van der Waals surface area contributed by atoms with E-state index in [1.54, 1.807) is 6.92 Å². The van der Waals surface area contributed by atoms with Gasteiger partial charge in [-0.1, -0.05) is 0 Å². The number of nitrogens with two attached hydrogens (primary N) is 1. The molecule has 1 rings (SSSR count). The van der Waals surface area contributed by atoms with Gasteiger partial charge < -0.3 is 10.6 Å². The van der Waals surface area contributed by atoms with E-state index in [1.807, 2.05) is 0 Å². The highest BCUT2D eigenvalue weighted by atomic mass is 19.1. The largest absolute Gasteiger partial charge is 0.326 e. The lowest BCUT2D eigenvalue weighted by Gasteiger charge is -2.34. The molecule has 2 nitrogen and oxygen atoms in total. The molecule has 3 atom stereocenters. The molecule has 0 aromatic carbocycles. The van der Waals surface area contributed by atoms with Gasteiger partial charge in [0.2, 0.25) is 0 Å². The molecule has 1 saturated heterocycles. The van der Waals surface area contributed by atoms with Crippen molar-refractivity contribution >= 4 is 0 Å². The van der Waals surface area contributed by atoms with Crippen LogP contribution in [0.2, 0.25) is 0 Å². The molecule has 0 amide bonds. The second-order valence-corrected chi connectivity index (χ2v) is 3.99. The van der Waals surface area contributed by atoms with Gasteiger partial charge in [0.05, 0.1) is 6.17 Å². The van der Waals surface area contributed by atoms with E-state index < -0.39 is 6.17 Å². The van der Waals surface area contributed by atoms with E-state index in [9.17, 15) is 4.39 Å². The lowest BCUT2D eigenvalue weighted by molar-refractivity contribution is 0.158. The number of likely N-dealkylation sites (tertiary alicyclic amines) is 1. The summed E-state index contributed by atoms with van der Waals surface area (Å²) in [6, 6.07) is 0.168. The van der Waals surface area contributed by atoms with Crippen molar-refractivity contribution in [3.8, 4) is 0 Å². The lowest BCUT2D eigenvalue weighted by Crippen LogP contribution is -2.47. The second kappa shape index (κ2) is 4.19. The Morgan fingerprint density at radius 1 is 1.67 bits per heavy atom. The number of hydrogen-bond acceptors (Lipinski definition) is 2. The summed E-state index contributed by atoms with van der Waals surface area (Å²) >= 11 is 0. The molecule has 0 bridgehead atoms. The summed E-state index contributed by atoms with van der Waals surface area (Å²) in [5, 5.41) is 0. The first kappa shape index (κ1) is 9.93. The lowest BCUT2D eigenvalue weighted by atomic mass is 9.88. The molecule has 2 N–H and O–H groups in total. The zero-order chi connectivity index (χ0) is 9.14. The maximum absolute atomic E-state index is 12.7. The Balaban J connectivity index is 2.34. The highest BCUT2D eigenvalue weighted by Gasteiger charge is 2.25. The first-order chi connectivity index (χ1) is 5.59. The number of rotatable bonds is 2. The third kappa shape index (κ3) is 2.72. The Morgan fingerprint density at radius 2 is 2.33 bits per heavy atom. The van der Waals surface area contributed by atoms with Crippen molar-refractivity contribution in [1.29, 1.82) is 0 Å². The average molecular weight is 174 g/mol. The van der Waals surface area contributed by atoms with Gasteiger partial charge in [-0.15, -0.1) is 0 Å². The fraction of sp³-hybridized carbons (Fsp3) is 1.00. The SMILES string of the molecule is CC(F)CC1CCN(C)CC1N. The molecule has 12 heavy (non-hydrogen) atoms. The first-order valence-electron chi connectivity index (χ1n) is 4.67. The van der Waals surface area contributed by atoms with Gasteiger partial charge in [0.25, 0.3) is 0 Å². The molecule has 0 saturated carbocycles. The van der Waals surface area contributed by atoms with Gasteiger partial charge in [-0.2, -0.15) is 0 Å². The van der Waals surface area contributed by atoms with Crippen molar-refractivity contribution in [3.05, 3.63) is 0 Å². The highest BCUT2D eigenvalue weighted by Crippen LogP contribution is 2.21. The number of nitrogens with zero attached hydrogens (tertiary/aromatic N) is 1. The fourth-order valence-electron chi connectivity index (χ4n) is 1.91. The summed E-state index contributed by atoms with van der Waals surface area (Å²) in [5.74, 6) is 0.390. The Morgan fingerprint density at radius 3 is 2.83 bits per heavy atom. The van der Waals surface area contributed by atoms with Gasteiger partial charge in [0, 0.05) is 12.6 Å². The Hall–Kier alpha value is -0.150. The molecule has 1 heterocycles. The predicted molar refractivity (Wildman–Crippen MR) is 48.8 cm³/mol. The topological polar surface area (TPSA) is 29.3 Å². The van der Waals surface area contributed by atoms with Crippen molar-refractivity contribution in [3.63, 3.8) is 0 Å². The summed E-state index contributed by atoms with van der Waals surface area (Å²) in [6.07, 6.45) is 0.977. The molecule has 0 aliphatic carbocycles. The minimum Gasteiger partial charge on any atom is -0.326 e. The van der Waals surface area contributed by atoms with Gasteiger partial charge >= 0.3 is 0 Å². The van der Waals surface area contributed by atoms with Crippen LogP contribution >= 0.6 is 0 Å².